The quantitative estimate of drug-likeness (QED) is 0.289. The van der Waals surface area contributed by atoms with Gasteiger partial charge < -0.3 is 4.55 Å². The van der Waals surface area contributed by atoms with Crippen molar-refractivity contribution in [3.63, 3.8) is 0 Å². The fourth-order valence-corrected chi connectivity index (χ4v) is 4.38. The molecule has 0 saturated carbocycles. The zero-order valence-corrected chi connectivity index (χ0v) is 13.3. The van der Waals surface area contributed by atoms with Crippen LogP contribution in [0.3, 0.4) is 0 Å². The third-order valence-corrected chi connectivity index (χ3v) is 5.45. The minimum absolute atomic E-state index is 0. The summed E-state index contributed by atoms with van der Waals surface area (Å²) in [6.45, 7) is 1.87. The Bertz CT molecular complexity index is 347. The Kier molecular flexibility index (Phi) is 10.3. The first-order chi connectivity index (χ1) is 6.27. The molecule has 0 atom stereocenters. The van der Waals surface area contributed by atoms with Gasteiger partial charge in [0.2, 0.25) is 0 Å². The Morgan fingerprint density at radius 3 is 2.07 bits per heavy atom. The van der Waals surface area contributed by atoms with Gasteiger partial charge in [-0.05, 0) is 17.2 Å². The van der Waals surface area contributed by atoms with E-state index in [1.807, 2.05) is 6.92 Å². The molecule has 0 aromatic heterocycles. The Morgan fingerprint density at radius 1 is 1.13 bits per heavy atom. The number of unbranched alkanes of at least 4 members (excludes halogenated alkanes) is 1. The number of hydrogen-bond acceptors (Lipinski definition) is 6. The standard InChI is InChI=1S/C6H14O5S3.Na/c1-2-3-5-13(7,8)6-4-12-14(9,10)11;/h2-6H2,1H3,(H,9,10,11);/q;+1/p-1. The molecule has 0 unspecified atom stereocenters. The van der Waals surface area contributed by atoms with E-state index in [-0.39, 0.29) is 57.6 Å². The second kappa shape index (κ2) is 8.32. The molecule has 0 aliphatic rings. The number of hydrogen-bond donors (Lipinski definition) is 0. The molecular formula is C6H13NaO5S3. The van der Waals surface area contributed by atoms with Gasteiger partial charge in [-0.2, -0.15) is 0 Å². The van der Waals surface area contributed by atoms with Gasteiger partial charge in [0.15, 0.2) is 9.84 Å². The summed E-state index contributed by atoms with van der Waals surface area (Å²) >= 11 is 0. The molecule has 0 aliphatic carbocycles. The van der Waals surface area contributed by atoms with Crippen LogP contribution in [0.25, 0.3) is 0 Å². The molecule has 0 heterocycles. The van der Waals surface area contributed by atoms with Crippen molar-refractivity contribution in [2.24, 2.45) is 0 Å². The van der Waals surface area contributed by atoms with Gasteiger partial charge in [-0.25, -0.2) is 16.8 Å². The smallest absolute Gasteiger partial charge is 0.739 e. The number of rotatable bonds is 7. The Morgan fingerprint density at radius 2 is 1.67 bits per heavy atom. The van der Waals surface area contributed by atoms with Crippen molar-refractivity contribution < 1.29 is 50.9 Å². The monoisotopic (exact) mass is 284 g/mol. The summed E-state index contributed by atoms with van der Waals surface area (Å²) in [5.74, 6) is -0.375. The summed E-state index contributed by atoms with van der Waals surface area (Å²) in [6, 6.07) is 0. The maximum Gasteiger partial charge on any atom is 1.00 e. The van der Waals surface area contributed by atoms with Gasteiger partial charge in [0.05, 0.1) is 11.5 Å². The third kappa shape index (κ3) is 13.1. The van der Waals surface area contributed by atoms with Crippen molar-refractivity contribution in [1.82, 2.24) is 0 Å². The van der Waals surface area contributed by atoms with Gasteiger partial charge in [-0.1, -0.05) is 13.3 Å². The van der Waals surface area contributed by atoms with Crippen LogP contribution in [0.2, 0.25) is 0 Å². The van der Waals surface area contributed by atoms with Crippen molar-refractivity contribution in [3.8, 4) is 0 Å². The van der Waals surface area contributed by atoms with E-state index in [4.69, 9.17) is 0 Å². The van der Waals surface area contributed by atoms with E-state index in [0.717, 1.165) is 6.42 Å². The molecule has 0 aliphatic heterocycles. The van der Waals surface area contributed by atoms with Crippen LogP contribution in [0.15, 0.2) is 0 Å². The second-order valence-corrected chi connectivity index (χ2v) is 8.43. The van der Waals surface area contributed by atoms with E-state index in [0.29, 0.717) is 6.42 Å². The molecule has 5 nitrogen and oxygen atoms in total. The van der Waals surface area contributed by atoms with Gasteiger partial charge in [0, 0.05) is 5.75 Å². The van der Waals surface area contributed by atoms with Crippen molar-refractivity contribution in [2.75, 3.05) is 17.3 Å². The van der Waals surface area contributed by atoms with Crippen LogP contribution in [-0.2, 0) is 19.0 Å². The Labute approximate surface area is 117 Å². The largest absolute Gasteiger partial charge is 1.00 e. The van der Waals surface area contributed by atoms with Crippen LogP contribution in [0, 0.1) is 0 Å². The molecule has 0 saturated heterocycles. The first-order valence-corrected chi connectivity index (χ1v) is 8.81. The van der Waals surface area contributed by atoms with Crippen molar-refractivity contribution in [1.29, 1.82) is 0 Å². The molecule has 0 fully saturated rings. The van der Waals surface area contributed by atoms with Gasteiger partial charge in [0.1, 0.15) is 9.15 Å². The molecule has 0 spiro atoms. The minimum Gasteiger partial charge on any atom is -0.739 e. The van der Waals surface area contributed by atoms with Gasteiger partial charge >= 0.3 is 29.6 Å². The molecule has 0 aromatic carbocycles. The summed E-state index contributed by atoms with van der Waals surface area (Å²) in [4.78, 5) is 0. The molecule has 0 N–H and O–H groups in total. The van der Waals surface area contributed by atoms with Gasteiger partial charge in [-0.3, -0.25) is 0 Å². The maximum absolute atomic E-state index is 11.2. The predicted octanol–water partition coefficient (Wildman–Crippen LogP) is -2.60. The predicted molar refractivity (Wildman–Crippen MR) is 55.7 cm³/mol. The SMILES string of the molecule is CCCCS(=O)(=O)CCSS(=O)(=O)[O-].[Na+]. The summed E-state index contributed by atoms with van der Waals surface area (Å²) in [7, 11) is -7.42. The average molecular weight is 284 g/mol. The number of sulfone groups is 1. The summed E-state index contributed by atoms with van der Waals surface area (Å²) < 4.78 is 52.8. The first kappa shape index (κ1) is 18.6. The van der Waals surface area contributed by atoms with E-state index < -0.39 is 19.0 Å². The van der Waals surface area contributed by atoms with Crippen LogP contribution in [0.5, 0.6) is 0 Å². The van der Waals surface area contributed by atoms with Crippen molar-refractivity contribution in [3.05, 3.63) is 0 Å². The summed E-state index contributed by atoms with van der Waals surface area (Å²) in [5.41, 5.74) is 0. The molecule has 0 bridgehead atoms. The molecule has 86 valence electrons. The first-order valence-electron chi connectivity index (χ1n) is 4.07. The summed E-state index contributed by atoms with van der Waals surface area (Å²) in [6.07, 6.45) is 1.34. The molecule has 0 aromatic rings. The molecule has 9 heteroatoms. The third-order valence-electron chi connectivity index (χ3n) is 1.43. The normalized spacial score (nSPS) is 12.1. The Hall–Kier alpha value is 1.21. The molecule has 0 rings (SSSR count). The van der Waals surface area contributed by atoms with Gasteiger partial charge in [-0.15, -0.1) is 0 Å². The van der Waals surface area contributed by atoms with Crippen LogP contribution in [-0.4, -0.2) is 38.6 Å². The second-order valence-electron chi connectivity index (χ2n) is 2.74. The van der Waals surface area contributed by atoms with E-state index in [9.17, 15) is 21.4 Å². The summed E-state index contributed by atoms with van der Waals surface area (Å²) in [5, 5.41) is 0. The maximum atomic E-state index is 11.2. The topological polar surface area (TPSA) is 91.3 Å². The van der Waals surface area contributed by atoms with Crippen LogP contribution < -0.4 is 29.6 Å². The molecular weight excluding hydrogens is 271 g/mol. The van der Waals surface area contributed by atoms with E-state index in [2.05, 4.69) is 0 Å². The zero-order chi connectivity index (χ0) is 11.2. The van der Waals surface area contributed by atoms with Crippen LogP contribution >= 0.6 is 10.8 Å². The van der Waals surface area contributed by atoms with Crippen molar-refractivity contribution >= 4 is 29.8 Å². The fourth-order valence-electron chi connectivity index (χ4n) is 0.729. The minimum atomic E-state index is -4.36. The Balaban J connectivity index is 0. The van der Waals surface area contributed by atoms with E-state index in [1.165, 1.54) is 0 Å². The van der Waals surface area contributed by atoms with Gasteiger partial charge in [0.25, 0.3) is 0 Å². The fraction of sp³-hybridized carbons (Fsp3) is 1.00. The zero-order valence-electron chi connectivity index (χ0n) is 8.80. The average Bonchev–Trinajstić information content (AvgIpc) is 1.98. The van der Waals surface area contributed by atoms with Crippen LogP contribution in [0.1, 0.15) is 19.8 Å². The molecule has 0 amide bonds. The van der Waals surface area contributed by atoms with E-state index >= 15 is 0 Å². The van der Waals surface area contributed by atoms with Crippen molar-refractivity contribution in [2.45, 2.75) is 19.8 Å². The van der Waals surface area contributed by atoms with E-state index in [1.54, 1.807) is 0 Å². The molecule has 0 radical (unpaired) electrons. The molecule has 15 heavy (non-hydrogen) atoms. The van der Waals surface area contributed by atoms with Crippen LogP contribution in [0.4, 0.5) is 0 Å².